The highest BCUT2D eigenvalue weighted by atomic mass is 16.6. The average Bonchev–Trinajstić information content (AvgIpc) is 2.77. The molecule has 2 aromatic rings. The molecule has 1 aromatic carbocycles. The van der Waals surface area contributed by atoms with E-state index in [0.717, 1.165) is 23.2 Å². The lowest BCUT2D eigenvalue weighted by Crippen LogP contribution is -2.04. The number of nitrogens with one attached hydrogen (secondary N) is 1. The Labute approximate surface area is 117 Å². The lowest BCUT2D eigenvalue weighted by molar-refractivity contribution is -0.384. The molecule has 0 aliphatic heterocycles. The largest absolute Gasteiger partial charge is 0.375 e. The number of benzene rings is 1. The molecule has 106 valence electrons. The summed E-state index contributed by atoms with van der Waals surface area (Å²) in [5, 5.41) is 18.5. The quantitative estimate of drug-likeness (QED) is 0.672. The highest BCUT2D eigenvalue weighted by Gasteiger charge is 2.14. The molecule has 0 unspecified atom stereocenters. The minimum atomic E-state index is -0.362. The minimum Gasteiger partial charge on any atom is -0.375 e. The average molecular weight is 274 g/mol. The van der Waals surface area contributed by atoms with E-state index in [-0.39, 0.29) is 10.6 Å². The first-order valence-corrected chi connectivity index (χ1v) is 6.51. The standard InChI is InChI=1S/C14H18N4O2/c1-4-12-11(9-17(3)16-12)8-15-13-6-5-10(2)7-14(13)18(19)20/h5-7,9,15H,4,8H2,1-3H3. The molecule has 0 spiro atoms. The molecule has 0 atom stereocenters. The summed E-state index contributed by atoms with van der Waals surface area (Å²) in [5.74, 6) is 0. The Hall–Kier alpha value is -2.37. The van der Waals surface area contributed by atoms with E-state index in [1.807, 2.05) is 33.2 Å². The first-order chi connectivity index (χ1) is 9.51. The molecule has 0 aliphatic carbocycles. The molecule has 0 fully saturated rings. The van der Waals surface area contributed by atoms with Gasteiger partial charge in [-0.2, -0.15) is 5.10 Å². The van der Waals surface area contributed by atoms with Gasteiger partial charge in [-0.05, 0) is 25.0 Å². The molecule has 0 amide bonds. The normalized spacial score (nSPS) is 10.6. The van der Waals surface area contributed by atoms with Crippen molar-refractivity contribution in [3.63, 3.8) is 0 Å². The predicted octanol–water partition coefficient (Wildman–Crippen LogP) is 2.81. The fourth-order valence-corrected chi connectivity index (χ4v) is 2.16. The molecule has 1 N–H and O–H groups in total. The molecule has 0 saturated carbocycles. The van der Waals surface area contributed by atoms with Crippen LogP contribution in [0.25, 0.3) is 0 Å². The molecule has 0 bridgehead atoms. The number of anilines is 1. The number of aromatic nitrogens is 2. The summed E-state index contributed by atoms with van der Waals surface area (Å²) < 4.78 is 1.76. The van der Waals surface area contributed by atoms with E-state index in [4.69, 9.17) is 0 Å². The number of nitrogens with zero attached hydrogens (tertiary/aromatic N) is 3. The van der Waals surface area contributed by atoms with Crippen molar-refractivity contribution >= 4 is 11.4 Å². The third-order valence-electron chi connectivity index (χ3n) is 3.15. The second kappa shape index (κ2) is 5.73. The number of nitro benzene ring substituents is 1. The topological polar surface area (TPSA) is 73.0 Å². The van der Waals surface area contributed by atoms with Crippen LogP contribution < -0.4 is 5.32 Å². The van der Waals surface area contributed by atoms with E-state index in [0.29, 0.717) is 12.2 Å². The lowest BCUT2D eigenvalue weighted by atomic mass is 10.1. The Morgan fingerprint density at radius 1 is 1.45 bits per heavy atom. The number of hydrogen-bond donors (Lipinski definition) is 1. The van der Waals surface area contributed by atoms with Gasteiger partial charge >= 0.3 is 0 Å². The smallest absolute Gasteiger partial charge is 0.292 e. The molecule has 0 aliphatic rings. The molecular formula is C14H18N4O2. The van der Waals surface area contributed by atoms with Gasteiger partial charge in [0.05, 0.1) is 10.6 Å². The summed E-state index contributed by atoms with van der Waals surface area (Å²) in [4.78, 5) is 10.7. The highest BCUT2D eigenvalue weighted by Crippen LogP contribution is 2.26. The van der Waals surface area contributed by atoms with Crippen LogP contribution >= 0.6 is 0 Å². The van der Waals surface area contributed by atoms with Crippen LogP contribution in [0.5, 0.6) is 0 Å². The van der Waals surface area contributed by atoms with E-state index in [2.05, 4.69) is 10.4 Å². The maximum atomic E-state index is 11.1. The van der Waals surface area contributed by atoms with Crippen LogP contribution in [-0.4, -0.2) is 14.7 Å². The van der Waals surface area contributed by atoms with Crippen molar-refractivity contribution in [2.75, 3.05) is 5.32 Å². The van der Waals surface area contributed by atoms with E-state index in [1.54, 1.807) is 16.8 Å². The summed E-state index contributed by atoms with van der Waals surface area (Å²) in [5.41, 5.74) is 3.58. The van der Waals surface area contributed by atoms with Gasteiger partial charge in [0.25, 0.3) is 5.69 Å². The van der Waals surface area contributed by atoms with Crippen molar-refractivity contribution in [2.24, 2.45) is 7.05 Å². The van der Waals surface area contributed by atoms with Crippen molar-refractivity contribution in [1.29, 1.82) is 0 Å². The van der Waals surface area contributed by atoms with Crippen molar-refractivity contribution in [3.05, 3.63) is 51.3 Å². The zero-order valence-electron chi connectivity index (χ0n) is 11.9. The van der Waals surface area contributed by atoms with Gasteiger partial charge in [-0.25, -0.2) is 0 Å². The summed E-state index contributed by atoms with van der Waals surface area (Å²) >= 11 is 0. The SMILES string of the molecule is CCc1nn(C)cc1CNc1ccc(C)cc1[N+](=O)[O-]. The molecule has 6 nitrogen and oxygen atoms in total. The number of rotatable bonds is 5. The highest BCUT2D eigenvalue weighted by molar-refractivity contribution is 5.62. The van der Waals surface area contributed by atoms with E-state index in [1.165, 1.54) is 0 Å². The molecule has 0 radical (unpaired) electrons. The first kappa shape index (κ1) is 14.0. The van der Waals surface area contributed by atoms with Crippen molar-refractivity contribution in [2.45, 2.75) is 26.8 Å². The predicted molar refractivity (Wildman–Crippen MR) is 77.7 cm³/mol. The second-order valence-corrected chi connectivity index (χ2v) is 4.76. The zero-order valence-corrected chi connectivity index (χ0v) is 11.9. The van der Waals surface area contributed by atoms with Crippen LogP contribution in [0.1, 0.15) is 23.7 Å². The molecule has 1 aromatic heterocycles. The van der Waals surface area contributed by atoms with Crippen molar-refractivity contribution in [3.8, 4) is 0 Å². The van der Waals surface area contributed by atoms with Crippen LogP contribution in [0.3, 0.4) is 0 Å². The van der Waals surface area contributed by atoms with E-state index < -0.39 is 0 Å². The van der Waals surface area contributed by atoms with Crippen LogP contribution in [0, 0.1) is 17.0 Å². The van der Waals surface area contributed by atoms with E-state index in [9.17, 15) is 10.1 Å². The van der Waals surface area contributed by atoms with Gasteiger partial charge < -0.3 is 5.32 Å². The number of aryl methyl sites for hydroxylation is 3. The van der Waals surface area contributed by atoms with E-state index >= 15 is 0 Å². The first-order valence-electron chi connectivity index (χ1n) is 6.51. The van der Waals surface area contributed by atoms with Crippen molar-refractivity contribution < 1.29 is 4.92 Å². The maximum absolute atomic E-state index is 11.1. The van der Waals surface area contributed by atoms with Gasteiger partial charge in [0.2, 0.25) is 0 Å². The Kier molecular flexibility index (Phi) is 4.02. The molecule has 1 heterocycles. The Morgan fingerprint density at radius 2 is 2.20 bits per heavy atom. The monoisotopic (exact) mass is 274 g/mol. The van der Waals surface area contributed by atoms with Gasteiger partial charge in [0.15, 0.2) is 0 Å². The van der Waals surface area contributed by atoms with Crippen LogP contribution in [0.4, 0.5) is 11.4 Å². The van der Waals surface area contributed by atoms with Gasteiger partial charge in [-0.1, -0.05) is 13.0 Å². The fraction of sp³-hybridized carbons (Fsp3) is 0.357. The molecule has 2 rings (SSSR count). The summed E-state index contributed by atoms with van der Waals surface area (Å²) in [6.45, 7) is 4.41. The van der Waals surface area contributed by atoms with Crippen LogP contribution in [0.2, 0.25) is 0 Å². The Morgan fingerprint density at radius 3 is 2.85 bits per heavy atom. The fourth-order valence-electron chi connectivity index (χ4n) is 2.16. The van der Waals surface area contributed by atoms with Crippen molar-refractivity contribution in [1.82, 2.24) is 9.78 Å². The molecule has 6 heteroatoms. The Bertz CT molecular complexity index is 634. The van der Waals surface area contributed by atoms with Gasteiger partial charge in [-0.15, -0.1) is 0 Å². The van der Waals surface area contributed by atoms with Gasteiger partial charge in [0.1, 0.15) is 5.69 Å². The van der Waals surface area contributed by atoms with Crippen LogP contribution in [-0.2, 0) is 20.0 Å². The van der Waals surface area contributed by atoms with Gasteiger partial charge in [-0.3, -0.25) is 14.8 Å². The Balaban J connectivity index is 2.20. The second-order valence-electron chi connectivity index (χ2n) is 4.76. The lowest BCUT2D eigenvalue weighted by Gasteiger charge is -2.07. The van der Waals surface area contributed by atoms with Gasteiger partial charge in [0, 0.05) is 31.4 Å². The number of nitro groups is 1. The minimum absolute atomic E-state index is 0.104. The summed E-state index contributed by atoms with van der Waals surface area (Å²) in [6.07, 6.45) is 2.78. The summed E-state index contributed by atoms with van der Waals surface area (Å²) in [6, 6.07) is 5.18. The van der Waals surface area contributed by atoms with Crippen LogP contribution in [0.15, 0.2) is 24.4 Å². The molecular weight excluding hydrogens is 256 g/mol. The molecule has 20 heavy (non-hydrogen) atoms. The summed E-state index contributed by atoms with van der Waals surface area (Å²) in [7, 11) is 1.87. The zero-order chi connectivity index (χ0) is 14.7. The number of hydrogen-bond acceptors (Lipinski definition) is 4. The third kappa shape index (κ3) is 2.96. The maximum Gasteiger partial charge on any atom is 0.292 e. The third-order valence-corrected chi connectivity index (χ3v) is 3.15. The molecule has 0 saturated heterocycles.